The second-order valence-corrected chi connectivity index (χ2v) is 6.16. The van der Waals surface area contributed by atoms with Crippen LogP contribution in [0.5, 0.6) is 11.5 Å². The van der Waals surface area contributed by atoms with Gasteiger partial charge in [0.05, 0.1) is 18.6 Å². The molecule has 0 radical (unpaired) electrons. The molecule has 1 fully saturated rings. The number of methoxy groups -OCH3 is 1. The number of hydrogen-bond donors (Lipinski definition) is 1. The molecule has 0 bridgehead atoms. The first-order valence-corrected chi connectivity index (χ1v) is 8.61. The fourth-order valence-corrected chi connectivity index (χ4v) is 2.99. The summed E-state index contributed by atoms with van der Waals surface area (Å²) in [6.45, 7) is 0.962. The number of hydrogen-bond acceptors (Lipinski definition) is 8. The van der Waals surface area contributed by atoms with Crippen molar-refractivity contribution < 1.29 is 38.5 Å². The van der Waals surface area contributed by atoms with E-state index < -0.39 is 29.6 Å². The van der Waals surface area contributed by atoms with Crippen LogP contribution in [0.25, 0.3) is 6.08 Å². The van der Waals surface area contributed by atoms with Gasteiger partial charge >= 0.3 is 11.9 Å². The van der Waals surface area contributed by atoms with Gasteiger partial charge in [0, 0.05) is 0 Å². The van der Waals surface area contributed by atoms with Gasteiger partial charge in [-0.3, -0.25) is 19.3 Å². The lowest BCUT2D eigenvalue weighted by atomic mass is 10.2. The van der Waals surface area contributed by atoms with Crippen molar-refractivity contribution in [3.05, 3.63) is 28.7 Å². The fourth-order valence-electron chi connectivity index (χ4n) is 2.16. The summed E-state index contributed by atoms with van der Waals surface area (Å²) in [6.07, 6.45) is 1.45. The number of carbonyl (C=O) groups excluding carboxylic acids is 3. The van der Waals surface area contributed by atoms with Crippen LogP contribution in [0.2, 0.25) is 0 Å². The maximum Gasteiger partial charge on any atom is 0.344 e. The zero-order valence-corrected chi connectivity index (χ0v) is 15.4. The minimum atomic E-state index is -1.27. The molecule has 0 aliphatic carbocycles. The molecule has 0 atom stereocenters. The van der Waals surface area contributed by atoms with Crippen molar-refractivity contribution in [2.75, 3.05) is 26.9 Å². The third-order valence-corrected chi connectivity index (χ3v) is 4.21. The first-order chi connectivity index (χ1) is 12.8. The Hall–Kier alpha value is -3.01. The van der Waals surface area contributed by atoms with Crippen LogP contribution in [-0.2, 0) is 19.1 Å². The van der Waals surface area contributed by atoms with Crippen molar-refractivity contribution >= 4 is 40.9 Å². The highest BCUT2D eigenvalue weighted by atomic mass is 32.2. The summed E-state index contributed by atoms with van der Waals surface area (Å²) in [6, 6.07) is 4.71. The van der Waals surface area contributed by atoms with Crippen LogP contribution in [0.1, 0.15) is 12.5 Å². The van der Waals surface area contributed by atoms with E-state index in [1.807, 2.05) is 0 Å². The summed E-state index contributed by atoms with van der Waals surface area (Å²) in [5.74, 6) is -1.84. The van der Waals surface area contributed by atoms with Gasteiger partial charge in [0.15, 0.2) is 18.1 Å². The second-order valence-electron chi connectivity index (χ2n) is 5.17. The van der Waals surface area contributed by atoms with Crippen molar-refractivity contribution in [3.8, 4) is 11.5 Å². The Morgan fingerprint density at radius 2 is 2.00 bits per heavy atom. The maximum atomic E-state index is 12.2. The van der Waals surface area contributed by atoms with E-state index in [4.69, 9.17) is 19.3 Å². The molecule has 0 saturated carbocycles. The van der Waals surface area contributed by atoms with Gasteiger partial charge in [-0.05, 0) is 42.5 Å². The number of rotatable bonds is 8. The van der Waals surface area contributed by atoms with Gasteiger partial charge < -0.3 is 19.3 Å². The van der Waals surface area contributed by atoms with E-state index in [1.54, 1.807) is 25.1 Å². The molecular weight excluding hydrogens is 378 g/mol. The zero-order valence-electron chi connectivity index (χ0n) is 14.6. The van der Waals surface area contributed by atoms with E-state index in [9.17, 15) is 19.2 Å². The number of carbonyl (C=O) groups is 4. The number of carboxylic acid groups (broad SMARTS) is 1. The molecule has 1 aromatic carbocycles. The third kappa shape index (κ3) is 5.23. The summed E-state index contributed by atoms with van der Waals surface area (Å²) in [5.41, 5.74) is 0.538. The highest BCUT2D eigenvalue weighted by Gasteiger charge is 2.36. The molecule has 27 heavy (non-hydrogen) atoms. The minimum Gasteiger partial charge on any atom is -0.493 e. The molecule has 10 heteroatoms. The van der Waals surface area contributed by atoms with Gasteiger partial charge in [0.1, 0.15) is 6.54 Å². The molecule has 1 aliphatic rings. The first kappa shape index (κ1) is 20.3. The van der Waals surface area contributed by atoms with E-state index in [0.717, 1.165) is 0 Å². The van der Waals surface area contributed by atoms with E-state index in [-0.39, 0.29) is 18.1 Å². The van der Waals surface area contributed by atoms with Gasteiger partial charge in [-0.2, -0.15) is 0 Å². The molecular formula is C17H17NO8S. The SMILES string of the molecule is CCOC(=O)COc1ccc(/C=C2/SC(=O)N(CC(=O)O)C2=O)cc1OC. The Kier molecular flexibility index (Phi) is 6.83. The fraction of sp³-hybridized carbons (Fsp3) is 0.294. The largest absolute Gasteiger partial charge is 0.493 e. The predicted molar refractivity (Wildman–Crippen MR) is 95.4 cm³/mol. The Morgan fingerprint density at radius 3 is 2.63 bits per heavy atom. The number of carboxylic acids is 1. The Labute approximate surface area is 158 Å². The van der Waals surface area contributed by atoms with Crippen LogP contribution in [0, 0.1) is 0 Å². The molecule has 1 heterocycles. The van der Waals surface area contributed by atoms with Gasteiger partial charge in [-0.25, -0.2) is 4.79 Å². The van der Waals surface area contributed by atoms with E-state index in [2.05, 4.69) is 0 Å². The van der Waals surface area contributed by atoms with Crippen LogP contribution in [0.15, 0.2) is 23.1 Å². The Morgan fingerprint density at radius 1 is 1.26 bits per heavy atom. The van der Waals surface area contributed by atoms with Crippen molar-refractivity contribution in [1.29, 1.82) is 0 Å². The number of imide groups is 1. The Balaban J connectivity index is 2.16. The number of esters is 1. The smallest absolute Gasteiger partial charge is 0.344 e. The van der Waals surface area contributed by atoms with Crippen LogP contribution in [0.3, 0.4) is 0 Å². The second kappa shape index (κ2) is 9.08. The molecule has 144 valence electrons. The van der Waals surface area contributed by atoms with Crippen LogP contribution in [0.4, 0.5) is 4.79 Å². The van der Waals surface area contributed by atoms with E-state index in [0.29, 0.717) is 33.7 Å². The molecule has 1 aliphatic heterocycles. The number of nitrogens with zero attached hydrogens (tertiary/aromatic N) is 1. The van der Waals surface area contributed by atoms with Crippen molar-refractivity contribution in [1.82, 2.24) is 4.90 Å². The summed E-state index contributed by atoms with van der Waals surface area (Å²) in [4.78, 5) is 46.8. The van der Waals surface area contributed by atoms with Crippen LogP contribution < -0.4 is 9.47 Å². The standard InChI is InChI=1S/C17H17NO8S/c1-3-25-15(21)9-26-11-5-4-10(6-12(11)24-2)7-13-16(22)18(8-14(19)20)17(23)27-13/h4-7H,3,8-9H2,1-2H3,(H,19,20)/b13-7+. The average molecular weight is 395 g/mol. The topological polar surface area (TPSA) is 119 Å². The number of aliphatic carboxylic acids is 1. The molecule has 1 N–H and O–H groups in total. The number of ether oxygens (including phenoxy) is 3. The molecule has 0 spiro atoms. The molecule has 0 aromatic heterocycles. The average Bonchev–Trinajstić information content (AvgIpc) is 2.87. The highest BCUT2D eigenvalue weighted by molar-refractivity contribution is 8.18. The van der Waals surface area contributed by atoms with E-state index >= 15 is 0 Å². The van der Waals surface area contributed by atoms with Gasteiger partial charge in [-0.15, -0.1) is 0 Å². The zero-order chi connectivity index (χ0) is 20.0. The van der Waals surface area contributed by atoms with Crippen molar-refractivity contribution in [2.24, 2.45) is 0 Å². The molecule has 2 rings (SSSR count). The first-order valence-electron chi connectivity index (χ1n) is 7.79. The van der Waals surface area contributed by atoms with Gasteiger partial charge in [0.25, 0.3) is 11.1 Å². The normalized spacial score (nSPS) is 15.2. The molecule has 2 amide bonds. The minimum absolute atomic E-state index is 0.100. The molecule has 9 nitrogen and oxygen atoms in total. The number of amides is 2. The Bertz CT molecular complexity index is 804. The summed E-state index contributed by atoms with van der Waals surface area (Å²) in [7, 11) is 1.41. The van der Waals surface area contributed by atoms with Crippen LogP contribution in [-0.4, -0.2) is 60.0 Å². The molecule has 1 aromatic rings. The van der Waals surface area contributed by atoms with Crippen molar-refractivity contribution in [3.63, 3.8) is 0 Å². The van der Waals surface area contributed by atoms with Crippen molar-refractivity contribution in [2.45, 2.75) is 6.92 Å². The predicted octanol–water partition coefficient (Wildman–Crippen LogP) is 1.76. The monoisotopic (exact) mass is 395 g/mol. The maximum absolute atomic E-state index is 12.2. The highest BCUT2D eigenvalue weighted by Crippen LogP contribution is 2.34. The van der Waals surface area contributed by atoms with Gasteiger partial charge in [-0.1, -0.05) is 6.07 Å². The number of thioether (sulfide) groups is 1. The molecule has 0 unspecified atom stereocenters. The van der Waals surface area contributed by atoms with Gasteiger partial charge in [0.2, 0.25) is 0 Å². The quantitative estimate of drug-likeness (QED) is 0.518. The summed E-state index contributed by atoms with van der Waals surface area (Å²) < 4.78 is 15.3. The molecule has 1 saturated heterocycles. The number of benzene rings is 1. The summed E-state index contributed by atoms with van der Waals surface area (Å²) >= 11 is 0.658. The van der Waals surface area contributed by atoms with Crippen LogP contribution >= 0.6 is 11.8 Å². The van der Waals surface area contributed by atoms with E-state index in [1.165, 1.54) is 13.2 Å². The lowest BCUT2D eigenvalue weighted by molar-refractivity contribution is -0.145. The lowest BCUT2D eigenvalue weighted by Crippen LogP contribution is -2.33. The summed E-state index contributed by atoms with van der Waals surface area (Å²) in [5, 5.41) is 8.13. The third-order valence-electron chi connectivity index (χ3n) is 3.30. The lowest BCUT2D eigenvalue weighted by Gasteiger charge is -2.11.